The van der Waals surface area contributed by atoms with Gasteiger partial charge in [0.1, 0.15) is 0 Å². The number of urea groups is 1. The van der Waals surface area contributed by atoms with E-state index in [-0.39, 0.29) is 16.3 Å². The predicted molar refractivity (Wildman–Crippen MR) is 96.3 cm³/mol. The molecule has 0 unspecified atom stereocenters. The van der Waals surface area contributed by atoms with Crippen molar-refractivity contribution >= 4 is 59.8 Å². The molecule has 0 heterocycles. The summed E-state index contributed by atoms with van der Waals surface area (Å²) < 4.78 is 11.2. The van der Waals surface area contributed by atoms with Gasteiger partial charge in [-0.05, 0) is 42.0 Å². The van der Waals surface area contributed by atoms with Crippen LogP contribution in [0.15, 0.2) is 36.4 Å². The maximum Gasteiger partial charge on any atom is 0.329 e. The highest BCUT2D eigenvalue weighted by atomic mass is 35.5. The molecule has 0 bridgehead atoms. The summed E-state index contributed by atoms with van der Waals surface area (Å²) in [5.74, 6) is 0. The summed E-state index contributed by atoms with van der Waals surface area (Å²) in [5.41, 5.74) is 0.868. The third-order valence-corrected chi connectivity index (χ3v) is 4.60. The maximum absolute atomic E-state index is 12.1. The molecule has 0 aromatic heterocycles. The number of anilines is 2. The van der Waals surface area contributed by atoms with Crippen LogP contribution in [0.5, 0.6) is 0 Å². The molecule has 2 rings (SSSR count). The summed E-state index contributed by atoms with van der Waals surface area (Å²) in [6.45, 7) is 0. The smallest absolute Gasteiger partial charge is 0.324 e. The SMILES string of the molecule is O=C(Nc1ccc(Cl)c(Cl)c1)Nc1ccc(Cl)cc1CP(=O)(O)O. The molecule has 0 atom stereocenters. The van der Waals surface area contributed by atoms with E-state index in [0.29, 0.717) is 15.7 Å². The van der Waals surface area contributed by atoms with Gasteiger partial charge in [0, 0.05) is 16.4 Å². The van der Waals surface area contributed by atoms with Crippen LogP contribution in [0.2, 0.25) is 15.1 Å². The van der Waals surface area contributed by atoms with Crippen LogP contribution in [0.4, 0.5) is 16.2 Å². The molecule has 0 aliphatic heterocycles. The second kappa shape index (κ2) is 7.74. The lowest BCUT2D eigenvalue weighted by Gasteiger charge is -2.13. The molecule has 2 aromatic carbocycles. The fraction of sp³-hybridized carbons (Fsp3) is 0.0714. The number of halogens is 3. The van der Waals surface area contributed by atoms with Gasteiger partial charge in [-0.2, -0.15) is 0 Å². The topological polar surface area (TPSA) is 98.7 Å². The number of rotatable bonds is 4. The Morgan fingerprint density at radius 2 is 1.71 bits per heavy atom. The van der Waals surface area contributed by atoms with Crippen molar-refractivity contribution < 1.29 is 19.1 Å². The molecular formula is C14H12Cl3N2O4P. The largest absolute Gasteiger partial charge is 0.329 e. The number of benzene rings is 2. The summed E-state index contributed by atoms with van der Waals surface area (Å²) in [6.07, 6.45) is -0.546. The zero-order valence-electron chi connectivity index (χ0n) is 12.0. The molecule has 10 heteroatoms. The molecular weight excluding hydrogens is 397 g/mol. The average Bonchev–Trinajstić information content (AvgIpc) is 2.44. The fourth-order valence-corrected chi connectivity index (χ4v) is 3.09. The van der Waals surface area contributed by atoms with Gasteiger partial charge in [0.05, 0.1) is 16.2 Å². The van der Waals surface area contributed by atoms with E-state index in [0.717, 1.165) is 0 Å². The lowest BCUT2D eigenvalue weighted by molar-refractivity contribution is 0.262. The van der Waals surface area contributed by atoms with Crippen molar-refractivity contribution in [2.75, 3.05) is 10.6 Å². The van der Waals surface area contributed by atoms with Crippen LogP contribution in [-0.4, -0.2) is 15.8 Å². The summed E-state index contributed by atoms with van der Waals surface area (Å²) in [5, 5.41) is 5.99. The van der Waals surface area contributed by atoms with Crippen molar-refractivity contribution in [2.45, 2.75) is 6.16 Å². The number of carbonyl (C=O) groups is 1. The van der Waals surface area contributed by atoms with Crippen molar-refractivity contribution in [1.29, 1.82) is 0 Å². The van der Waals surface area contributed by atoms with Gasteiger partial charge in [0.15, 0.2) is 0 Å². The average molecular weight is 410 g/mol. The van der Waals surface area contributed by atoms with Gasteiger partial charge in [-0.3, -0.25) is 4.57 Å². The van der Waals surface area contributed by atoms with E-state index in [1.54, 1.807) is 6.07 Å². The lowest BCUT2D eigenvalue weighted by Crippen LogP contribution is -2.20. The van der Waals surface area contributed by atoms with E-state index in [1.165, 1.54) is 30.3 Å². The highest BCUT2D eigenvalue weighted by Crippen LogP contribution is 2.41. The molecule has 0 aliphatic rings. The predicted octanol–water partition coefficient (Wildman–Crippen LogP) is 4.97. The quantitative estimate of drug-likeness (QED) is 0.536. The van der Waals surface area contributed by atoms with Gasteiger partial charge in [-0.1, -0.05) is 34.8 Å². The number of hydrogen-bond acceptors (Lipinski definition) is 2. The third-order valence-electron chi connectivity index (χ3n) is 2.87. The second-order valence-corrected chi connectivity index (χ2v) is 7.73. The van der Waals surface area contributed by atoms with E-state index in [9.17, 15) is 9.36 Å². The number of carbonyl (C=O) groups excluding carboxylic acids is 1. The highest BCUT2D eigenvalue weighted by Gasteiger charge is 2.18. The van der Waals surface area contributed by atoms with E-state index >= 15 is 0 Å². The minimum atomic E-state index is -4.32. The molecule has 2 aromatic rings. The van der Waals surface area contributed by atoms with Gasteiger partial charge in [-0.15, -0.1) is 0 Å². The Morgan fingerprint density at radius 3 is 2.33 bits per heavy atom. The minimum Gasteiger partial charge on any atom is -0.324 e. The van der Waals surface area contributed by atoms with Crippen molar-refractivity contribution in [3.63, 3.8) is 0 Å². The molecule has 0 saturated heterocycles. The normalized spacial score (nSPS) is 11.2. The summed E-state index contributed by atoms with van der Waals surface area (Å²) >= 11 is 17.5. The van der Waals surface area contributed by atoms with Crippen LogP contribution >= 0.6 is 42.4 Å². The van der Waals surface area contributed by atoms with Gasteiger partial charge >= 0.3 is 13.6 Å². The summed E-state index contributed by atoms with van der Waals surface area (Å²) in [4.78, 5) is 30.3. The molecule has 2 amide bonds. The zero-order chi connectivity index (χ0) is 17.9. The Morgan fingerprint density at radius 1 is 1.00 bits per heavy atom. The van der Waals surface area contributed by atoms with E-state index in [1.807, 2.05) is 0 Å². The first-order valence-electron chi connectivity index (χ1n) is 6.50. The Hall–Kier alpha value is -1.27. The van der Waals surface area contributed by atoms with Gasteiger partial charge in [0.2, 0.25) is 0 Å². The van der Waals surface area contributed by atoms with Crippen LogP contribution in [-0.2, 0) is 10.7 Å². The molecule has 128 valence electrons. The molecule has 24 heavy (non-hydrogen) atoms. The van der Waals surface area contributed by atoms with Crippen molar-refractivity contribution in [2.24, 2.45) is 0 Å². The number of hydrogen-bond donors (Lipinski definition) is 4. The van der Waals surface area contributed by atoms with E-state index < -0.39 is 19.8 Å². The summed E-state index contributed by atoms with van der Waals surface area (Å²) in [6, 6.07) is 8.30. The maximum atomic E-state index is 12.1. The molecule has 4 N–H and O–H groups in total. The van der Waals surface area contributed by atoms with E-state index in [2.05, 4.69) is 10.6 Å². The van der Waals surface area contributed by atoms with Crippen LogP contribution in [0.25, 0.3) is 0 Å². The molecule has 0 fully saturated rings. The molecule has 0 aliphatic carbocycles. The minimum absolute atomic E-state index is 0.222. The fourth-order valence-electron chi connectivity index (χ4n) is 1.90. The van der Waals surface area contributed by atoms with Crippen LogP contribution < -0.4 is 10.6 Å². The standard InChI is InChI=1S/C14H12Cl3N2O4P/c15-9-1-4-13(8(5-9)7-24(21,22)23)19-14(20)18-10-2-3-11(16)12(17)6-10/h1-6H,7H2,(H2,18,19,20)(H2,21,22,23). The molecule has 0 radical (unpaired) electrons. The highest BCUT2D eigenvalue weighted by molar-refractivity contribution is 7.50. The number of amides is 2. The Kier molecular flexibility index (Phi) is 6.15. The molecule has 6 nitrogen and oxygen atoms in total. The van der Waals surface area contributed by atoms with Crippen LogP contribution in [0.1, 0.15) is 5.56 Å². The third kappa shape index (κ3) is 5.67. The summed E-state index contributed by atoms with van der Waals surface area (Å²) in [7, 11) is -4.32. The zero-order valence-corrected chi connectivity index (χ0v) is 15.1. The van der Waals surface area contributed by atoms with Gasteiger partial charge in [-0.25, -0.2) is 4.79 Å². The second-order valence-electron chi connectivity index (χ2n) is 4.83. The molecule has 0 saturated carbocycles. The first kappa shape index (κ1) is 19.1. The van der Waals surface area contributed by atoms with Crippen LogP contribution in [0.3, 0.4) is 0 Å². The Bertz CT molecular complexity index is 826. The Balaban J connectivity index is 2.16. The van der Waals surface area contributed by atoms with Crippen LogP contribution in [0, 0.1) is 0 Å². The van der Waals surface area contributed by atoms with Crippen molar-refractivity contribution in [1.82, 2.24) is 0 Å². The lowest BCUT2D eigenvalue weighted by atomic mass is 10.2. The Labute approximate surface area is 152 Å². The van der Waals surface area contributed by atoms with Crippen molar-refractivity contribution in [3.05, 3.63) is 57.0 Å². The van der Waals surface area contributed by atoms with Gasteiger partial charge in [0.25, 0.3) is 0 Å². The molecule has 0 spiro atoms. The monoisotopic (exact) mass is 408 g/mol. The van der Waals surface area contributed by atoms with E-state index in [4.69, 9.17) is 44.6 Å². The first-order valence-corrected chi connectivity index (χ1v) is 9.43. The first-order chi connectivity index (χ1) is 11.1. The number of nitrogens with one attached hydrogen (secondary N) is 2. The van der Waals surface area contributed by atoms with Crippen molar-refractivity contribution in [3.8, 4) is 0 Å². The van der Waals surface area contributed by atoms with Gasteiger partial charge < -0.3 is 20.4 Å².